The summed E-state index contributed by atoms with van der Waals surface area (Å²) >= 11 is 0. The smallest absolute Gasteiger partial charge is 0.301 e. The molecule has 1 aromatic carbocycles. The van der Waals surface area contributed by atoms with Crippen molar-refractivity contribution >= 4 is 33.8 Å². The van der Waals surface area contributed by atoms with Gasteiger partial charge in [0.15, 0.2) is 12.4 Å². The first-order chi connectivity index (χ1) is 18.0. The van der Waals surface area contributed by atoms with Gasteiger partial charge in [-0.25, -0.2) is 26.9 Å². The van der Waals surface area contributed by atoms with Crippen LogP contribution < -0.4 is 25.8 Å². The molecule has 0 spiro atoms. The molecule has 3 aliphatic rings. The maximum Gasteiger partial charge on any atom is 0.301 e. The topological polar surface area (TPSA) is 71.4 Å². The van der Waals surface area contributed by atoms with Crippen molar-refractivity contribution < 1.29 is 26.7 Å². The van der Waals surface area contributed by atoms with E-state index in [0.29, 0.717) is 35.2 Å². The Balaban J connectivity index is 1.36. The van der Waals surface area contributed by atoms with Gasteiger partial charge in [-0.2, -0.15) is 0 Å². The molecule has 1 aliphatic carbocycles. The first-order valence-corrected chi connectivity index (χ1v) is 12.5. The zero-order valence-electron chi connectivity index (χ0n) is 20.5. The second-order valence-electron chi connectivity index (χ2n) is 10.3. The van der Waals surface area contributed by atoms with Crippen LogP contribution in [0.2, 0.25) is 0 Å². The number of fused-ring (bicyclic) bond motifs is 3. The average molecular weight is 536 g/mol. The summed E-state index contributed by atoms with van der Waals surface area (Å²) in [6.07, 6.45) is 1.74. The first-order valence-electron chi connectivity index (χ1n) is 12.5. The minimum absolute atomic E-state index is 0.0780. The van der Waals surface area contributed by atoms with Gasteiger partial charge < -0.3 is 24.8 Å². The number of nitrogens with zero attached hydrogens (tertiary/aromatic N) is 3. The van der Waals surface area contributed by atoms with Crippen molar-refractivity contribution in [3.63, 3.8) is 0 Å². The van der Waals surface area contributed by atoms with Crippen molar-refractivity contribution in [3.05, 3.63) is 46.6 Å². The molecule has 4 heterocycles. The molecule has 38 heavy (non-hydrogen) atoms. The second-order valence-corrected chi connectivity index (χ2v) is 10.3. The van der Waals surface area contributed by atoms with Gasteiger partial charge in [0.2, 0.25) is 5.75 Å². The van der Waals surface area contributed by atoms with Crippen molar-refractivity contribution in [1.29, 1.82) is 0 Å². The van der Waals surface area contributed by atoms with Gasteiger partial charge in [0.05, 0.1) is 29.1 Å². The number of hydrogen-bond donors (Lipinski definition) is 2. The summed E-state index contributed by atoms with van der Waals surface area (Å²) in [6.45, 7) is -0.709. The van der Waals surface area contributed by atoms with Gasteiger partial charge in [-0.05, 0) is 37.0 Å². The van der Waals surface area contributed by atoms with Crippen LogP contribution in [0.25, 0.3) is 10.9 Å². The lowest BCUT2D eigenvalue weighted by molar-refractivity contribution is -0.0579. The van der Waals surface area contributed by atoms with Crippen LogP contribution in [0.3, 0.4) is 0 Å². The van der Waals surface area contributed by atoms with Crippen molar-refractivity contribution in [2.24, 2.45) is 13.0 Å². The van der Waals surface area contributed by atoms with Crippen LogP contribution in [-0.4, -0.2) is 47.1 Å². The maximum absolute atomic E-state index is 14.9. The van der Waals surface area contributed by atoms with Gasteiger partial charge in [-0.15, -0.1) is 0 Å². The van der Waals surface area contributed by atoms with Crippen LogP contribution in [0.15, 0.2) is 35.3 Å². The van der Waals surface area contributed by atoms with E-state index in [-0.39, 0.29) is 49.0 Å². The van der Waals surface area contributed by atoms with Gasteiger partial charge in [-0.1, -0.05) is 0 Å². The minimum atomic E-state index is -3.16. The summed E-state index contributed by atoms with van der Waals surface area (Å²) < 4.78 is 78.3. The van der Waals surface area contributed by atoms with Gasteiger partial charge in [0.1, 0.15) is 5.82 Å². The molecule has 3 aromatic rings. The quantitative estimate of drug-likeness (QED) is 0.444. The van der Waals surface area contributed by atoms with Crippen molar-refractivity contribution in [1.82, 2.24) is 9.55 Å². The van der Waals surface area contributed by atoms with Crippen LogP contribution in [0.5, 0.6) is 5.75 Å². The molecule has 0 amide bonds. The fourth-order valence-corrected chi connectivity index (χ4v) is 5.20. The van der Waals surface area contributed by atoms with E-state index >= 15 is 0 Å². The number of alkyl halides is 4. The molecular weight excluding hydrogens is 509 g/mol. The molecule has 0 unspecified atom stereocenters. The summed E-state index contributed by atoms with van der Waals surface area (Å²) in [4.78, 5) is 18.7. The van der Waals surface area contributed by atoms with E-state index in [1.807, 2.05) is 0 Å². The number of hydrogen-bond acceptors (Lipinski definition) is 6. The predicted molar refractivity (Wildman–Crippen MR) is 134 cm³/mol. The molecule has 202 valence electrons. The highest BCUT2D eigenvalue weighted by atomic mass is 19.3. The molecule has 0 radical (unpaired) electrons. The average Bonchev–Trinajstić information content (AvgIpc) is 3.71. The molecule has 7 nitrogen and oxygen atoms in total. The Morgan fingerprint density at radius 1 is 1.13 bits per heavy atom. The summed E-state index contributed by atoms with van der Waals surface area (Å²) in [5, 5.41) is 6.36. The zero-order valence-corrected chi connectivity index (χ0v) is 20.5. The summed E-state index contributed by atoms with van der Waals surface area (Å²) in [6, 6.07) is 5.20. The molecule has 2 N–H and O–H groups in total. The molecule has 1 atom stereocenters. The van der Waals surface area contributed by atoms with Crippen LogP contribution in [-0.2, 0) is 7.05 Å². The van der Waals surface area contributed by atoms with E-state index in [4.69, 9.17) is 4.74 Å². The highest BCUT2D eigenvalue weighted by molar-refractivity contribution is 5.97. The monoisotopic (exact) mass is 535 g/mol. The van der Waals surface area contributed by atoms with Gasteiger partial charge >= 0.3 is 5.92 Å². The first kappa shape index (κ1) is 24.7. The Morgan fingerprint density at radius 2 is 1.87 bits per heavy atom. The number of aryl methyl sites for hydroxylation is 1. The zero-order chi connectivity index (χ0) is 26.8. The highest BCUT2D eigenvalue weighted by Crippen LogP contribution is 2.45. The van der Waals surface area contributed by atoms with Gasteiger partial charge in [0.25, 0.3) is 11.5 Å². The summed E-state index contributed by atoms with van der Waals surface area (Å²) in [7, 11) is 1.53. The number of halogens is 5. The van der Waals surface area contributed by atoms with E-state index < -0.39 is 35.9 Å². The van der Waals surface area contributed by atoms with Gasteiger partial charge in [0, 0.05) is 50.1 Å². The second kappa shape index (κ2) is 8.74. The molecule has 2 aliphatic heterocycles. The lowest BCUT2D eigenvalue weighted by Gasteiger charge is -2.32. The number of ether oxygens (including phenoxy) is 1. The number of piperidine rings is 1. The predicted octanol–water partition coefficient (Wildman–Crippen LogP) is 5.27. The highest BCUT2D eigenvalue weighted by Gasteiger charge is 2.51. The van der Waals surface area contributed by atoms with Crippen LogP contribution in [0, 0.1) is 11.7 Å². The van der Waals surface area contributed by atoms with Crippen LogP contribution >= 0.6 is 0 Å². The summed E-state index contributed by atoms with van der Waals surface area (Å²) in [5.74, 6) is -6.57. The molecule has 2 aromatic heterocycles. The Morgan fingerprint density at radius 3 is 2.58 bits per heavy atom. The third-order valence-electron chi connectivity index (χ3n) is 7.55. The number of nitrogens with one attached hydrogen (secondary N) is 2. The van der Waals surface area contributed by atoms with Crippen LogP contribution in [0.1, 0.15) is 25.7 Å². The maximum atomic E-state index is 14.9. The SMILES string of the molecule is Cn1c(=O)c2c(c3cc(Nc4cc(N5CCC(F)(F)CC5)ncc4F)ccc31)N[C@@H](C1CC1)C(F)(F)CO2. The molecule has 12 heteroatoms. The fourth-order valence-electron chi connectivity index (χ4n) is 5.20. The number of anilines is 4. The molecule has 1 saturated carbocycles. The lowest BCUT2D eigenvalue weighted by Crippen LogP contribution is -2.44. The van der Waals surface area contributed by atoms with Crippen molar-refractivity contribution in [3.8, 4) is 5.75 Å². The fraction of sp³-hybridized carbons (Fsp3) is 0.462. The molecule has 6 rings (SSSR count). The minimum Gasteiger partial charge on any atom is -0.480 e. The third kappa shape index (κ3) is 4.39. The van der Waals surface area contributed by atoms with Crippen molar-refractivity contribution in [2.75, 3.05) is 35.2 Å². The summed E-state index contributed by atoms with van der Waals surface area (Å²) in [5.41, 5.74) is 0.644. The molecule has 1 saturated heterocycles. The Labute approximate surface area is 214 Å². The Hall–Kier alpha value is -3.57. The Kier molecular flexibility index (Phi) is 5.69. The normalized spacial score (nSPS) is 22.3. The number of rotatable bonds is 4. The van der Waals surface area contributed by atoms with E-state index in [9.17, 15) is 26.7 Å². The third-order valence-corrected chi connectivity index (χ3v) is 7.55. The number of aromatic nitrogens is 2. The molecule has 0 bridgehead atoms. The standard InChI is InChI=1S/C26H26F5N5O2/c1-35-19-5-4-15(33-18-11-20(32-12-17(18)27)36-8-6-25(28,29)7-9-36)10-16(19)21-22(24(35)37)38-13-26(30,31)23(34-21)14-2-3-14/h4-5,10-12,14,23,34H,2-3,6-9,13H2,1H3,(H,32,33)/t23-/m0/s1. The van der Waals surface area contributed by atoms with Crippen LogP contribution in [0.4, 0.5) is 44.8 Å². The number of benzene rings is 1. The van der Waals surface area contributed by atoms with Crippen molar-refractivity contribution in [2.45, 2.75) is 43.6 Å². The lowest BCUT2D eigenvalue weighted by atomic mass is 10.0. The van der Waals surface area contributed by atoms with Gasteiger partial charge in [-0.3, -0.25) is 4.79 Å². The van der Waals surface area contributed by atoms with E-state index in [1.54, 1.807) is 23.1 Å². The van der Waals surface area contributed by atoms with E-state index in [0.717, 1.165) is 6.20 Å². The number of pyridine rings is 2. The molecular formula is C26H26F5N5O2. The molecule has 2 fully saturated rings. The van der Waals surface area contributed by atoms with E-state index in [2.05, 4.69) is 15.6 Å². The largest absolute Gasteiger partial charge is 0.480 e. The Bertz CT molecular complexity index is 1460. The van der Waals surface area contributed by atoms with E-state index in [1.165, 1.54) is 17.7 Å².